The molecular formula is C41H58N6O6. The summed E-state index contributed by atoms with van der Waals surface area (Å²) in [5, 5.41) is 26.7. The van der Waals surface area contributed by atoms with E-state index in [0.717, 1.165) is 29.5 Å². The van der Waals surface area contributed by atoms with Crippen LogP contribution in [0.15, 0.2) is 91.0 Å². The maximum absolute atomic E-state index is 14.2. The quantitative estimate of drug-likeness (QED) is 0.0766. The second kappa shape index (κ2) is 23.0. The number of benzene rings is 3. The highest BCUT2D eigenvalue weighted by molar-refractivity contribution is 5.90. The van der Waals surface area contributed by atoms with Crippen LogP contribution in [-0.4, -0.2) is 72.3 Å². The van der Waals surface area contributed by atoms with Gasteiger partial charge in [0.15, 0.2) is 0 Å². The number of nitrogens with two attached hydrogens (primary N) is 1. The van der Waals surface area contributed by atoms with Crippen LogP contribution in [0.2, 0.25) is 0 Å². The van der Waals surface area contributed by atoms with Gasteiger partial charge in [0, 0.05) is 13.1 Å². The van der Waals surface area contributed by atoms with E-state index in [1.165, 1.54) is 0 Å². The van der Waals surface area contributed by atoms with Crippen molar-refractivity contribution in [3.8, 4) is 0 Å². The number of hydrogen-bond acceptors (Lipinski definition) is 8. The van der Waals surface area contributed by atoms with Gasteiger partial charge < -0.3 is 36.8 Å². The van der Waals surface area contributed by atoms with Crippen molar-refractivity contribution in [2.45, 2.75) is 96.7 Å². The molecular weight excluding hydrogens is 672 g/mol. The second-order valence-corrected chi connectivity index (χ2v) is 13.9. The molecule has 288 valence electrons. The van der Waals surface area contributed by atoms with Crippen LogP contribution in [0.1, 0.15) is 63.6 Å². The molecule has 0 saturated carbocycles. The van der Waals surface area contributed by atoms with Crippen molar-refractivity contribution in [3.63, 3.8) is 0 Å². The van der Waals surface area contributed by atoms with E-state index in [1.54, 1.807) is 13.8 Å². The van der Waals surface area contributed by atoms with Crippen molar-refractivity contribution in [2.24, 2.45) is 17.6 Å². The van der Waals surface area contributed by atoms with Gasteiger partial charge in [0.2, 0.25) is 17.7 Å². The Morgan fingerprint density at radius 2 is 1.13 bits per heavy atom. The molecule has 0 aliphatic carbocycles. The van der Waals surface area contributed by atoms with Gasteiger partial charge in [-0.15, -0.1) is 0 Å². The number of amides is 4. The van der Waals surface area contributed by atoms with Crippen LogP contribution in [0.25, 0.3) is 0 Å². The molecule has 12 nitrogen and oxygen atoms in total. The molecule has 0 fully saturated rings. The first-order valence-electron chi connectivity index (χ1n) is 18.5. The summed E-state index contributed by atoms with van der Waals surface area (Å²) in [5.74, 6) is -2.11. The molecule has 8 N–H and O–H groups in total. The van der Waals surface area contributed by atoms with Crippen LogP contribution in [0.5, 0.6) is 0 Å². The minimum Gasteiger partial charge on any atom is -0.450 e. The fourth-order valence-electron chi connectivity index (χ4n) is 5.79. The first kappa shape index (κ1) is 42.6. The molecule has 0 aliphatic heterocycles. The molecule has 0 unspecified atom stereocenters. The van der Waals surface area contributed by atoms with E-state index >= 15 is 0 Å². The largest absolute Gasteiger partial charge is 0.450 e. The van der Waals surface area contributed by atoms with Gasteiger partial charge in [-0.1, -0.05) is 119 Å². The average molecular weight is 731 g/mol. The van der Waals surface area contributed by atoms with Crippen molar-refractivity contribution < 1.29 is 29.0 Å². The Hall–Kier alpha value is -4.78. The van der Waals surface area contributed by atoms with Gasteiger partial charge >= 0.3 is 6.09 Å². The molecule has 0 radical (unpaired) electrons. The Kier molecular flexibility index (Phi) is 18.5. The summed E-state index contributed by atoms with van der Waals surface area (Å²) in [4.78, 5) is 54.2. The van der Waals surface area contributed by atoms with E-state index in [9.17, 15) is 24.3 Å². The molecule has 0 heterocycles. The molecule has 5 atom stereocenters. The predicted octanol–water partition coefficient (Wildman–Crippen LogP) is 3.57. The fourth-order valence-corrected chi connectivity index (χ4v) is 5.79. The van der Waals surface area contributed by atoms with Gasteiger partial charge in [-0.25, -0.2) is 4.79 Å². The van der Waals surface area contributed by atoms with Crippen molar-refractivity contribution in [2.75, 3.05) is 13.2 Å². The summed E-state index contributed by atoms with van der Waals surface area (Å²) in [6.07, 6.45) is 0.280. The van der Waals surface area contributed by atoms with Gasteiger partial charge in [-0.2, -0.15) is 0 Å². The van der Waals surface area contributed by atoms with E-state index < -0.39 is 48.2 Å². The molecule has 12 heteroatoms. The summed E-state index contributed by atoms with van der Waals surface area (Å²) in [5.41, 5.74) is 8.13. The first-order valence-corrected chi connectivity index (χ1v) is 18.5. The van der Waals surface area contributed by atoms with Crippen LogP contribution < -0.4 is 32.3 Å². The molecule has 0 bridgehead atoms. The zero-order chi connectivity index (χ0) is 38.6. The third-order valence-corrected chi connectivity index (χ3v) is 8.89. The first-order chi connectivity index (χ1) is 25.5. The lowest BCUT2D eigenvalue weighted by atomic mass is 9.93. The van der Waals surface area contributed by atoms with Crippen LogP contribution >= 0.6 is 0 Å². The predicted molar refractivity (Wildman–Crippen MR) is 206 cm³/mol. The maximum atomic E-state index is 14.2. The van der Waals surface area contributed by atoms with Gasteiger partial charge in [-0.05, 0) is 60.8 Å². The Balaban J connectivity index is 1.86. The number of unbranched alkanes of at least 4 members (excludes halogenated alkanes) is 2. The smallest absolute Gasteiger partial charge is 0.407 e. The van der Waals surface area contributed by atoms with E-state index in [2.05, 4.69) is 26.6 Å². The van der Waals surface area contributed by atoms with Crippen LogP contribution in [0.4, 0.5) is 4.79 Å². The average Bonchev–Trinajstić information content (AvgIpc) is 3.15. The maximum Gasteiger partial charge on any atom is 0.407 e. The van der Waals surface area contributed by atoms with Crippen LogP contribution in [-0.2, 0) is 38.6 Å². The van der Waals surface area contributed by atoms with Crippen molar-refractivity contribution in [1.29, 1.82) is 0 Å². The Morgan fingerprint density at radius 3 is 1.68 bits per heavy atom. The van der Waals surface area contributed by atoms with E-state index in [0.29, 0.717) is 13.0 Å². The normalized spacial score (nSPS) is 14.0. The fraction of sp³-hybridized carbons (Fsp3) is 0.463. The zero-order valence-corrected chi connectivity index (χ0v) is 31.4. The van der Waals surface area contributed by atoms with Crippen molar-refractivity contribution >= 4 is 23.8 Å². The lowest BCUT2D eigenvalue weighted by Crippen LogP contribution is -2.63. The third-order valence-electron chi connectivity index (χ3n) is 8.89. The molecule has 0 saturated heterocycles. The minimum absolute atomic E-state index is 0.173. The molecule has 3 aromatic rings. The zero-order valence-electron chi connectivity index (χ0n) is 31.4. The number of ether oxygens (including phenoxy) is 1. The highest BCUT2D eigenvalue weighted by Crippen LogP contribution is 2.14. The highest BCUT2D eigenvalue weighted by Gasteiger charge is 2.37. The number of aliphatic hydroxyl groups is 1. The molecule has 4 amide bonds. The number of alkyl carbamates (subject to hydrolysis) is 1. The van der Waals surface area contributed by atoms with Crippen LogP contribution in [0.3, 0.4) is 0 Å². The molecule has 3 rings (SSSR count). The Labute approximate surface area is 314 Å². The van der Waals surface area contributed by atoms with E-state index in [4.69, 9.17) is 10.5 Å². The third kappa shape index (κ3) is 15.0. The van der Waals surface area contributed by atoms with Crippen molar-refractivity contribution in [1.82, 2.24) is 26.6 Å². The number of hydrogen-bond donors (Lipinski definition) is 7. The summed E-state index contributed by atoms with van der Waals surface area (Å²) < 4.78 is 5.31. The Bertz CT molecular complexity index is 1530. The second-order valence-electron chi connectivity index (χ2n) is 13.9. The van der Waals surface area contributed by atoms with Crippen molar-refractivity contribution in [3.05, 3.63) is 108 Å². The Morgan fingerprint density at radius 1 is 0.623 bits per heavy atom. The summed E-state index contributed by atoms with van der Waals surface area (Å²) >= 11 is 0. The monoisotopic (exact) mass is 730 g/mol. The SMILES string of the molecule is CC(C)[C@H](NC(=O)OCCCCCN)C(=O)N[C@@H](Cc1ccccc1)[C@@H](O)[C@@H](NCc1ccccc1)C(=O)N[C@H](C(=O)NCc1ccccc1)C(C)C. The number of carbonyl (C=O) groups is 4. The lowest BCUT2D eigenvalue weighted by Gasteiger charge is -2.33. The molecule has 3 aromatic carbocycles. The molecule has 0 aromatic heterocycles. The molecule has 53 heavy (non-hydrogen) atoms. The lowest BCUT2D eigenvalue weighted by molar-refractivity contribution is -0.134. The summed E-state index contributed by atoms with van der Waals surface area (Å²) in [6.45, 7) is 8.51. The standard InChI is InChI=1S/C41H58N6O6/c1-28(2)34(38(49)44-27-32-21-13-7-14-22-32)46-40(51)36(43-26-31-19-11-6-12-20-31)37(48)33(25-30-17-9-5-10-18-30)45-39(50)35(29(3)4)47-41(52)53-24-16-8-15-23-42/h5-7,9-14,17-22,28-29,33-37,43,48H,8,15-16,23-27,42H2,1-4H3,(H,44,49)(H,45,50)(H,46,51)(H,47,52)/t33-,34-,35-,36+,37+/m0/s1. The number of aliphatic hydroxyl groups excluding tert-OH is 1. The molecule has 0 aliphatic rings. The van der Waals surface area contributed by atoms with E-state index in [-0.39, 0.29) is 43.9 Å². The highest BCUT2D eigenvalue weighted by atomic mass is 16.5. The number of carbonyl (C=O) groups excluding carboxylic acids is 4. The number of rotatable bonds is 22. The minimum atomic E-state index is -1.47. The summed E-state index contributed by atoms with van der Waals surface area (Å²) in [6, 6.07) is 24.0. The van der Waals surface area contributed by atoms with E-state index in [1.807, 2.05) is 105 Å². The summed E-state index contributed by atoms with van der Waals surface area (Å²) in [7, 11) is 0. The van der Waals surface area contributed by atoms with Gasteiger partial charge in [-0.3, -0.25) is 19.7 Å². The van der Waals surface area contributed by atoms with Gasteiger partial charge in [0.25, 0.3) is 0 Å². The van der Waals surface area contributed by atoms with Gasteiger partial charge in [0.1, 0.15) is 18.1 Å². The van der Waals surface area contributed by atoms with Gasteiger partial charge in [0.05, 0.1) is 18.8 Å². The molecule has 0 spiro atoms. The number of nitrogens with one attached hydrogen (secondary N) is 5. The van der Waals surface area contributed by atoms with Crippen LogP contribution in [0, 0.1) is 11.8 Å². The topological polar surface area (TPSA) is 184 Å².